The number of carbonyl (C=O) groups is 1. The molecule has 1 aliphatic carbocycles. The van der Waals surface area contributed by atoms with Gasteiger partial charge >= 0.3 is 0 Å². The number of anilines is 1. The van der Waals surface area contributed by atoms with E-state index in [0.29, 0.717) is 0 Å². The van der Waals surface area contributed by atoms with E-state index in [1.807, 2.05) is 32.2 Å². The molecule has 110 valence electrons. The molecule has 1 aliphatic rings. The van der Waals surface area contributed by atoms with Crippen molar-refractivity contribution in [1.29, 1.82) is 0 Å². The van der Waals surface area contributed by atoms with E-state index in [1.165, 1.54) is 10.4 Å². The van der Waals surface area contributed by atoms with Gasteiger partial charge in [-0.25, -0.2) is 0 Å². The SMILES string of the molecule is CNc1ccc(C(=O)NC2CCCc3sccc32)cc1C. The monoisotopic (exact) mass is 300 g/mol. The van der Waals surface area contributed by atoms with Crippen molar-refractivity contribution in [3.63, 3.8) is 0 Å². The number of hydrogen-bond acceptors (Lipinski definition) is 3. The molecule has 1 unspecified atom stereocenters. The second-order valence-electron chi connectivity index (χ2n) is 5.50. The lowest BCUT2D eigenvalue weighted by Gasteiger charge is -2.24. The van der Waals surface area contributed by atoms with Crippen molar-refractivity contribution >= 4 is 22.9 Å². The lowest BCUT2D eigenvalue weighted by molar-refractivity contribution is 0.0933. The summed E-state index contributed by atoms with van der Waals surface area (Å²) >= 11 is 1.80. The van der Waals surface area contributed by atoms with Gasteiger partial charge in [0.15, 0.2) is 0 Å². The van der Waals surface area contributed by atoms with Crippen LogP contribution >= 0.6 is 11.3 Å². The quantitative estimate of drug-likeness (QED) is 0.902. The first kappa shape index (κ1) is 14.1. The second kappa shape index (κ2) is 5.90. The molecule has 0 aliphatic heterocycles. The highest BCUT2D eigenvalue weighted by Crippen LogP contribution is 2.33. The molecule has 0 saturated heterocycles. The molecule has 0 fully saturated rings. The smallest absolute Gasteiger partial charge is 0.251 e. The molecular weight excluding hydrogens is 280 g/mol. The van der Waals surface area contributed by atoms with Crippen LogP contribution in [0.25, 0.3) is 0 Å². The Balaban J connectivity index is 1.77. The largest absolute Gasteiger partial charge is 0.388 e. The third-order valence-corrected chi connectivity index (χ3v) is 5.11. The molecule has 3 rings (SSSR count). The van der Waals surface area contributed by atoms with Crippen molar-refractivity contribution < 1.29 is 4.79 Å². The van der Waals surface area contributed by atoms with Crippen molar-refractivity contribution in [2.75, 3.05) is 12.4 Å². The number of benzene rings is 1. The molecule has 4 heteroatoms. The van der Waals surface area contributed by atoms with Gasteiger partial charge in [0.05, 0.1) is 6.04 Å². The molecule has 2 aromatic rings. The van der Waals surface area contributed by atoms with Crippen LogP contribution in [-0.2, 0) is 6.42 Å². The van der Waals surface area contributed by atoms with Gasteiger partial charge in [0, 0.05) is 23.2 Å². The molecular formula is C17H20N2OS. The fourth-order valence-electron chi connectivity index (χ4n) is 2.96. The number of thiophene rings is 1. The Hall–Kier alpha value is -1.81. The second-order valence-corrected chi connectivity index (χ2v) is 6.50. The van der Waals surface area contributed by atoms with E-state index in [0.717, 1.165) is 36.1 Å². The molecule has 0 radical (unpaired) electrons. The Kier molecular flexibility index (Phi) is 3.97. The Morgan fingerprint density at radius 1 is 1.33 bits per heavy atom. The van der Waals surface area contributed by atoms with Crippen LogP contribution in [0.15, 0.2) is 29.6 Å². The fourth-order valence-corrected chi connectivity index (χ4v) is 3.95. The molecule has 0 bridgehead atoms. The van der Waals surface area contributed by atoms with E-state index in [4.69, 9.17) is 0 Å². The number of aryl methyl sites for hydroxylation is 2. The average molecular weight is 300 g/mol. The zero-order valence-corrected chi connectivity index (χ0v) is 13.2. The maximum atomic E-state index is 12.5. The summed E-state index contributed by atoms with van der Waals surface area (Å²) in [5.41, 5.74) is 4.19. The van der Waals surface area contributed by atoms with Gasteiger partial charge in [-0.2, -0.15) is 0 Å². The van der Waals surface area contributed by atoms with Crippen LogP contribution in [-0.4, -0.2) is 13.0 Å². The van der Waals surface area contributed by atoms with E-state index >= 15 is 0 Å². The van der Waals surface area contributed by atoms with Gasteiger partial charge in [-0.1, -0.05) is 0 Å². The van der Waals surface area contributed by atoms with Crippen LogP contribution in [0.1, 0.15) is 45.2 Å². The van der Waals surface area contributed by atoms with Gasteiger partial charge in [0.1, 0.15) is 0 Å². The van der Waals surface area contributed by atoms with E-state index in [2.05, 4.69) is 22.1 Å². The predicted octanol–water partition coefficient (Wildman–Crippen LogP) is 3.91. The van der Waals surface area contributed by atoms with Crippen molar-refractivity contribution in [3.05, 3.63) is 51.2 Å². The summed E-state index contributed by atoms with van der Waals surface area (Å²) in [7, 11) is 1.89. The van der Waals surface area contributed by atoms with Gasteiger partial charge in [-0.3, -0.25) is 4.79 Å². The Morgan fingerprint density at radius 2 is 2.19 bits per heavy atom. The number of carbonyl (C=O) groups excluding carboxylic acids is 1. The first-order valence-corrected chi connectivity index (χ1v) is 8.22. The van der Waals surface area contributed by atoms with Crippen molar-refractivity contribution in [2.45, 2.75) is 32.2 Å². The molecule has 0 saturated carbocycles. The molecule has 3 nitrogen and oxygen atoms in total. The first-order valence-electron chi connectivity index (χ1n) is 7.34. The van der Waals surface area contributed by atoms with E-state index in [1.54, 1.807) is 11.3 Å². The van der Waals surface area contributed by atoms with Crippen molar-refractivity contribution in [2.24, 2.45) is 0 Å². The van der Waals surface area contributed by atoms with Crippen molar-refractivity contribution in [1.82, 2.24) is 5.32 Å². The summed E-state index contributed by atoms with van der Waals surface area (Å²) in [4.78, 5) is 13.9. The lowest BCUT2D eigenvalue weighted by Crippen LogP contribution is -2.30. The third-order valence-electron chi connectivity index (χ3n) is 4.12. The zero-order valence-electron chi connectivity index (χ0n) is 12.4. The number of fused-ring (bicyclic) bond motifs is 1. The Labute approximate surface area is 129 Å². The van der Waals surface area contributed by atoms with Crippen LogP contribution < -0.4 is 10.6 Å². The van der Waals surface area contributed by atoms with Gasteiger partial charge in [-0.05, 0) is 67.0 Å². The minimum absolute atomic E-state index is 0.0183. The molecule has 1 aromatic carbocycles. The maximum Gasteiger partial charge on any atom is 0.251 e. The topological polar surface area (TPSA) is 41.1 Å². The minimum Gasteiger partial charge on any atom is -0.388 e. The van der Waals surface area contributed by atoms with Crippen LogP contribution in [0.5, 0.6) is 0 Å². The van der Waals surface area contributed by atoms with Gasteiger partial charge in [0.2, 0.25) is 0 Å². The summed E-state index contributed by atoms with van der Waals surface area (Å²) in [5, 5.41) is 8.44. The molecule has 1 atom stereocenters. The third kappa shape index (κ3) is 2.81. The summed E-state index contributed by atoms with van der Waals surface area (Å²) in [6.07, 6.45) is 3.33. The minimum atomic E-state index is 0.0183. The highest BCUT2D eigenvalue weighted by molar-refractivity contribution is 7.10. The average Bonchev–Trinajstić information content (AvgIpc) is 2.96. The normalized spacial score (nSPS) is 17.1. The van der Waals surface area contributed by atoms with Gasteiger partial charge < -0.3 is 10.6 Å². The Bertz CT molecular complexity index is 663. The summed E-state index contributed by atoms with van der Waals surface area (Å²) in [5.74, 6) is 0.0183. The Morgan fingerprint density at radius 3 is 2.95 bits per heavy atom. The summed E-state index contributed by atoms with van der Waals surface area (Å²) in [6, 6.07) is 8.10. The number of nitrogens with one attached hydrogen (secondary N) is 2. The number of amides is 1. The van der Waals surface area contributed by atoms with E-state index in [-0.39, 0.29) is 11.9 Å². The van der Waals surface area contributed by atoms with Gasteiger partial charge in [0.25, 0.3) is 5.91 Å². The maximum absolute atomic E-state index is 12.5. The molecule has 0 spiro atoms. The molecule has 1 heterocycles. The molecule has 21 heavy (non-hydrogen) atoms. The summed E-state index contributed by atoms with van der Waals surface area (Å²) in [6.45, 7) is 2.01. The molecule has 2 N–H and O–H groups in total. The molecule has 1 aromatic heterocycles. The van der Waals surface area contributed by atoms with Crippen LogP contribution in [0, 0.1) is 6.92 Å². The van der Waals surface area contributed by atoms with E-state index < -0.39 is 0 Å². The number of hydrogen-bond donors (Lipinski definition) is 2. The van der Waals surface area contributed by atoms with Gasteiger partial charge in [-0.15, -0.1) is 11.3 Å². The van der Waals surface area contributed by atoms with E-state index in [9.17, 15) is 4.79 Å². The van der Waals surface area contributed by atoms with Crippen LogP contribution in [0.2, 0.25) is 0 Å². The van der Waals surface area contributed by atoms with Crippen LogP contribution in [0.3, 0.4) is 0 Å². The fraction of sp³-hybridized carbons (Fsp3) is 0.353. The zero-order chi connectivity index (χ0) is 14.8. The first-order chi connectivity index (χ1) is 10.2. The van der Waals surface area contributed by atoms with Crippen molar-refractivity contribution in [3.8, 4) is 0 Å². The number of rotatable bonds is 3. The predicted molar refractivity (Wildman–Crippen MR) is 88.2 cm³/mol. The highest BCUT2D eigenvalue weighted by atomic mass is 32.1. The standard InChI is InChI=1S/C17H20N2OS/c1-11-10-12(6-7-14(11)18-2)17(20)19-15-4-3-5-16-13(15)8-9-21-16/h6-10,15,18H,3-5H2,1-2H3,(H,19,20). The summed E-state index contributed by atoms with van der Waals surface area (Å²) < 4.78 is 0. The lowest BCUT2D eigenvalue weighted by atomic mass is 9.93. The van der Waals surface area contributed by atoms with Crippen LogP contribution in [0.4, 0.5) is 5.69 Å². The molecule has 1 amide bonds. The highest BCUT2D eigenvalue weighted by Gasteiger charge is 2.23.